The molecule has 5 heterocycles. The molecule has 148 valence electrons. The molecule has 7 heteroatoms. The summed E-state index contributed by atoms with van der Waals surface area (Å²) in [5.41, 5.74) is 2.89. The summed E-state index contributed by atoms with van der Waals surface area (Å²) < 4.78 is 5.73. The Kier molecular flexibility index (Phi) is 4.20. The first-order valence-electron chi connectivity index (χ1n) is 10.3. The average molecular weight is 382 g/mol. The minimum atomic E-state index is -0.690. The van der Waals surface area contributed by atoms with E-state index in [1.807, 2.05) is 0 Å². The van der Waals surface area contributed by atoms with Gasteiger partial charge in [0.25, 0.3) is 0 Å². The van der Waals surface area contributed by atoms with Gasteiger partial charge in [0.05, 0.1) is 18.8 Å². The van der Waals surface area contributed by atoms with E-state index in [0.29, 0.717) is 37.0 Å². The Hall–Kier alpha value is -2.33. The number of aliphatic carboxylic acids is 1. The highest BCUT2D eigenvalue weighted by atomic mass is 16.5. The molecule has 1 N–H and O–H groups in total. The van der Waals surface area contributed by atoms with Crippen LogP contribution in [0.1, 0.15) is 42.9 Å². The first-order valence-corrected chi connectivity index (χ1v) is 10.3. The van der Waals surface area contributed by atoms with Crippen molar-refractivity contribution < 1.29 is 14.6 Å². The Morgan fingerprint density at radius 1 is 1.32 bits per heavy atom. The Morgan fingerprint density at radius 3 is 2.71 bits per heavy atom. The van der Waals surface area contributed by atoms with Crippen LogP contribution < -0.4 is 9.80 Å². The van der Waals surface area contributed by atoms with Crippen molar-refractivity contribution in [1.29, 1.82) is 5.26 Å². The number of aromatic nitrogens is 1. The van der Waals surface area contributed by atoms with Crippen molar-refractivity contribution in [2.24, 2.45) is 17.8 Å². The minimum absolute atomic E-state index is 0.279. The zero-order valence-electron chi connectivity index (χ0n) is 16.2. The Morgan fingerprint density at radius 2 is 2.11 bits per heavy atom. The Bertz CT molecular complexity index is 852. The van der Waals surface area contributed by atoms with E-state index in [1.54, 1.807) is 0 Å². The van der Waals surface area contributed by atoms with Gasteiger partial charge < -0.3 is 19.6 Å². The molecule has 2 bridgehead atoms. The standard InChI is InChI=1S/C21H26N4O3/c1-12-2-4-25(12)21-17(8-22)15-3-5-28-11-18(15)20(23-21)24-9-13-6-14(10-24)16(13)7-19(26)27/h12-14,16H,2-7,9-11H2,1H3,(H,26,27)/t12-,13-,14+,16-/m0/s1. The highest BCUT2D eigenvalue weighted by Crippen LogP contribution is 2.49. The molecule has 1 aromatic heterocycles. The third-order valence-corrected chi connectivity index (χ3v) is 7.25. The lowest BCUT2D eigenvalue weighted by atomic mass is 9.60. The molecule has 4 aliphatic heterocycles. The number of piperidine rings is 2. The predicted molar refractivity (Wildman–Crippen MR) is 103 cm³/mol. The number of carbonyl (C=O) groups is 1. The zero-order valence-corrected chi connectivity index (χ0v) is 16.2. The summed E-state index contributed by atoms with van der Waals surface area (Å²) in [4.78, 5) is 20.8. The van der Waals surface area contributed by atoms with Crippen molar-refractivity contribution in [3.05, 3.63) is 16.7 Å². The SMILES string of the molecule is C[C@H]1CCN1c1nc(N2C[C@H]3C[C@@H](C2)[C@@H]3CC(=O)O)c2c(c1C#N)CCOC2. The first-order chi connectivity index (χ1) is 13.6. The lowest BCUT2D eigenvalue weighted by molar-refractivity contribution is -0.141. The minimum Gasteiger partial charge on any atom is -0.481 e. The third-order valence-electron chi connectivity index (χ3n) is 7.25. The van der Waals surface area contributed by atoms with Gasteiger partial charge in [0, 0.05) is 37.7 Å². The fourth-order valence-corrected chi connectivity index (χ4v) is 5.53. The predicted octanol–water partition coefficient (Wildman–Crippen LogP) is 2.17. The maximum absolute atomic E-state index is 11.2. The van der Waals surface area contributed by atoms with Crippen molar-refractivity contribution in [1.82, 2.24) is 4.98 Å². The molecule has 6 rings (SSSR count). The van der Waals surface area contributed by atoms with Gasteiger partial charge in [-0.15, -0.1) is 0 Å². The number of nitriles is 1. The number of nitrogens with zero attached hydrogens (tertiary/aromatic N) is 4. The summed E-state index contributed by atoms with van der Waals surface area (Å²) >= 11 is 0. The van der Waals surface area contributed by atoms with Crippen molar-refractivity contribution in [2.45, 2.75) is 45.3 Å². The van der Waals surface area contributed by atoms with Crippen molar-refractivity contribution in [2.75, 3.05) is 36.0 Å². The molecule has 0 spiro atoms. The molecule has 0 radical (unpaired) electrons. The van der Waals surface area contributed by atoms with Gasteiger partial charge in [-0.2, -0.15) is 5.26 Å². The lowest BCUT2D eigenvalue weighted by Crippen LogP contribution is -2.56. The topological polar surface area (TPSA) is 89.7 Å². The number of ether oxygens (including phenoxy) is 1. The van der Waals surface area contributed by atoms with E-state index in [2.05, 4.69) is 22.8 Å². The summed E-state index contributed by atoms with van der Waals surface area (Å²) in [5, 5.41) is 19.1. The van der Waals surface area contributed by atoms with Gasteiger partial charge in [0.15, 0.2) is 0 Å². The average Bonchev–Trinajstić information content (AvgIpc) is 2.70. The molecule has 3 saturated heterocycles. The number of carboxylic acids is 1. The molecule has 0 aromatic carbocycles. The lowest BCUT2D eigenvalue weighted by Gasteiger charge is -2.54. The van der Waals surface area contributed by atoms with Crippen LogP contribution >= 0.6 is 0 Å². The summed E-state index contributed by atoms with van der Waals surface area (Å²) in [6.07, 6.45) is 3.29. The Balaban J connectivity index is 1.51. The van der Waals surface area contributed by atoms with Gasteiger partial charge in [-0.05, 0) is 49.5 Å². The monoisotopic (exact) mass is 382 g/mol. The number of anilines is 2. The van der Waals surface area contributed by atoms with Crippen molar-refractivity contribution in [3.63, 3.8) is 0 Å². The van der Waals surface area contributed by atoms with Gasteiger partial charge in [0.2, 0.25) is 0 Å². The van der Waals surface area contributed by atoms with Crippen LogP contribution in [0.15, 0.2) is 0 Å². The molecule has 7 nitrogen and oxygen atoms in total. The summed E-state index contributed by atoms with van der Waals surface area (Å²) in [7, 11) is 0. The molecular weight excluding hydrogens is 356 g/mol. The second-order valence-corrected chi connectivity index (χ2v) is 8.76. The molecule has 1 saturated carbocycles. The second kappa shape index (κ2) is 6.63. The molecule has 5 aliphatic rings. The molecule has 0 unspecified atom stereocenters. The normalized spacial score (nSPS) is 30.7. The second-order valence-electron chi connectivity index (χ2n) is 8.76. The van der Waals surface area contributed by atoms with Crippen LogP contribution in [-0.4, -0.2) is 48.3 Å². The van der Waals surface area contributed by atoms with Crippen LogP contribution in [0, 0.1) is 29.1 Å². The molecule has 1 aliphatic carbocycles. The van der Waals surface area contributed by atoms with Crippen LogP contribution in [0.2, 0.25) is 0 Å². The maximum atomic E-state index is 11.2. The highest BCUT2D eigenvalue weighted by Gasteiger charge is 2.48. The number of rotatable bonds is 4. The molecule has 0 amide bonds. The van der Waals surface area contributed by atoms with Gasteiger partial charge in [0.1, 0.15) is 17.7 Å². The molecular formula is C21H26N4O3. The van der Waals surface area contributed by atoms with Crippen LogP contribution in [-0.2, 0) is 22.6 Å². The number of carboxylic acid groups (broad SMARTS) is 1. The van der Waals surface area contributed by atoms with Crippen LogP contribution in [0.5, 0.6) is 0 Å². The van der Waals surface area contributed by atoms with E-state index in [-0.39, 0.29) is 6.42 Å². The van der Waals surface area contributed by atoms with E-state index in [1.165, 1.54) is 0 Å². The van der Waals surface area contributed by atoms with E-state index < -0.39 is 5.97 Å². The first kappa shape index (κ1) is 17.7. The summed E-state index contributed by atoms with van der Waals surface area (Å²) in [6.45, 7) is 5.99. The fraction of sp³-hybridized carbons (Fsp3) is 0.667. The summed E-state index contributed by atoms with van der Waals surface area (Å²) in [5.74, 6) is 2.26. The Labute approximate surface area is 164 Å². The smallest absolute Gasteiger partial charge is 0.303 e. The quantitative estimate of drug-likeness (QED) is 0.853. The van der Waals surface area contributed by atoms with E-state index >= 15 is 0 Å². The zero-order chi connectivity index (χ0) is 19.4. The van der Waals surface area contributed by atoms with Crippen LogP contribution in [0.25, 0.3) is 0 Å². The van der Waals surface area contributed by atoms with Gasteiger partial charge in [-0.25, -0.2) is 4.98 Å². The molecule has 28 heavy (non-hydrogen) atoms. The van der Waals surface area contributed by atoms with Gasteiger partial charge >= 0.3 is 5.97 Å². The number of hydrogen-bond donors (Lipinski definition) is 1. The van der Waals surface area contributed by atoms with Crippen molar-refractivity contribution >= 4 is 17.6 Å². The largest absolute Gasteiger partial charge is 0.481 e. The van der Waals surface area contributed by atoms with Crippen molar-refractivity contribution in [3.8, 4) is 6.07 Å². The molecule has 4 atom stereocenters. The van der Waals surface area contributed by atoms with Crippen LogP contribution in [0.4, 0.5) is 11.6 Å². The van der Waals surface area contributed by atoms with Gasteiger partial charge in [-0.1, -0.05) is 0 Å². The van der Waals surface area contributed by atoms with Crippen LogP contribution in [0.3, 0.4) is 0 Å². The van der Waals surface area contributed by atoms with E-state index in [9.17, 15) is 15.2 Å². The third kappa shape index (κ3) is 2.66. The van der Waals surface area contributed by atoms with Gasteiger partial charge in [-0.3, -0.25) is 4.79 Å². The highest BCUT2D eigenvalue weighted by molar-refractivity contribution is 5.69. The maximum Gasteiger partial charge on any atom is 0.303 e. The molecule has 1 aromatic rings. The summed E-state index contributed by atoms with van der Waals surface area (Å²) in [6, 6.07) is 2.84. The van der Waals surface area contributed by atoms with E-state index in [0.717, 1.165) is 67.2 Å². The molecule has 4 fully saturated rings. The number of hydrogen-bond acceptors (Lipinski definition) is 6. The number of fused-ring (bicyclic) bond motifs is 3. The fourth-order valence-electron chi connectivity index (χ4n) is 5.53. The van der Waals surface area contributed by atoms with E-state index in [4.69, 9.17) is 9.72 Å². The number of pyridine rings is 1.